The second kappa shape index (κ2) is 8.35. The maximum absolute atomic E-state index is 2.45. The molecule has 0 aliphatic carbocycles. The molecule has 0 N–H and O–H groups in total. The van der Waals surface area contributed by atoms with Gasteiger partial charge in [0.15, 0.2) is 0 Å². The van der Waals surface area contributed by atoms with Gasteiger partial charge in [-0.05, 0) is 51.3 Å². The van der Waals surface area contributed by atoms with Crippen LogP contribution in [0.3, 0.4) is 0 Å². The molecule has 4 aromatic carbocycles. The summed E-state index contributed by atoms with van der Waals surface area (Å²) >= 11 is 0. The largest absolute Gasteiger partial charge is 0.309 e. The number of aromatic nitrogens is 1. The number of nitrogens with zero attached hydrogens (tertiary/aromatic N) is 1. The van der Waals surface area contributed by atoms with Gasteiger partial charge in [0.1, 0.15) is 0 Å². The summed E-state index contributed by atoms with van der Waals surface area (Å²) in [5, 5.41) is 2.54. The van der Waals surface area contributed by atoms with Crippen molar-refractivity contribution in [3.05, 3.63) is 114 Å². The van der Waals surface area contributed by atoms with Crippen LogP contribution in [-0.4, -0.2) is 4.40 Å². The van der Waals surface area contributed by atoms with Crippen molar-refractivity contribution in [3.63, 3.8) is 0 Å². The normalized spacial score (nSPS) is 12.6. The number of rotatable bonds is 2. The lowest BCUT2D eigenvalue weighted by Gasteiger charge is -2.22. The molecule has 0 saturated heterocycles. The molecule has 0 unspecified atom stereocenters. The predicted molar refractivity (Wildman–Crippen MR) is 161 cm³/mol. The minimum absolute atomic E-state index is 0.118. The standard InChI is InChI=1S/C36H35N/c1-35(2,3)27-19-15-24(16-20-27)33-29-12-8-10-14-31(29)37-30-13-9-7-11-26(30)23-32(37)34(33)25-17-21-28(22-18-25)36(4,5)6/h7-23H,1-6H3. The number of para-hydroxylation sites is 2. The fourth-order valence-electron chi connectivity index (χ4n) is 5.61. The molecule has 0 saturated carbocycles. The highest BCUT2D eigenvalue weighted by Gasteiger charge is 2.21. The van der Waals surface area contributed by atoms with Crippen molar-refractivity contribution in [1.82, 2.24) is 4.40 Å². The van der Waals surface area contributed by atoms with Gasteiger partial charge in [0.2, 0.25) is 0 Å². The van der Waals surface area contributed by atoms with Crippen LogP contribution in [0, 0.1) is 0 Å². The van der Waals surface area contributed by atoms with Gasteiger partial charge in [-0.3, -0.25) is 0 Å². The maximum Gasteiger partial charge on any atom is 0.0553 e. The Kier molecular flexibility index (Phi) is 5.31. The van der Waals surface area contributed by atoms with E-state index in [2.05, 4.69) is 149 Å². The highest BCUT2D eigenvalue weighted by molar-refractivity contribution is 6.11. The zero-order valence-corrected chi connectivity index (χ0v) is 22.8. The van der Waals surface area contributed by atoms with Crippen LogP contribution < -0.4 is 0 Å². The molecule has 2 aromatic heterocycles. The number of fused-ring (bicyclic) bond motifs is 5. The highest BCUT2D eigenvalue weighted by Crippen LogP contribution is 2.44. The number of pyridine rings is 1. The van der Waals surface area contributed by atoms with Gasteiger partial charge in [-0.1, -0.05) is 126 Å². The van der Waals surface area contributed by atoms with Gasteiger partial charge in [-0.15, -0.1) is 0 Å². The first kappa shape index (κ1) is 23.6. The van der Waals surface area contributed by atoms with Crippen LogP contribution >= 0.6 is 0 Å². The fraction of sp³-hybridized carbons (Fsp3) is 0.222. The Hall–Kier alpha value is -3.84. The summed E-state index contributed by atoms with van der Waals surface area (Å²) in [4.78, 5) is 0. The van der Waals surface area contributed by atoms with Gasteiger partial charge in [0.05, 0.1) is 16.6 Å². The van der Waals surface area contributed by atoms with E-state index in [-0.39, 0.29) is 10.8 Å². The topological polar surface area (TPSA) is 4.41 Å². The lowest BCUT2D eigenvalue weighted by atomic mass is 9.84. The van der Waals surface area contributed by atoms with Crippen molar-refractivity contribution < 1.29 is 0 Å². The van der Waals surface area contributed by atoms with E-state index in [4.69, 9.17) is 0 Å². The summed E-state index contributed by atoms with van der Waals surface area (Å²) in [6, 6.07) is 38.4. The summed E-state index contributed by atoms with van der Waals surface area (Å²) in [6.07, 6.45) is 0. The van der Waals surface area contributed by atoms with E-state index in [0.717, 1.165) is 0 Å². The van der Waals surface area contributed by atoms with Crippen LogP contribution in [-0.2, 0) is 10.8 Å². The first-order valence-corrected chi connectivity index (χ1v) is 13.3. The fourth-order valence-corrected chi connectivity index (χ4v) is 5.61. The van der Waals surface area contributed by atoms with Crippen LogP contribution in [0.4, 0.5) is 0 Å². The first-order chi connectivity index (χ1) is 17.6. The predicted octanol–water partition coefficient (Wildman–Crippen LogP) is 10.2. The lowest BCUT2D eigenvalue weighted by Crippen LogP contribution is -2.10. The van der Waals surface area contributed by atoms with E-state index >= 15 is 0 Å². The molecule has 0 aliphatic heterocycles. The molecule has 0 radical (unpaired) electrons. The van der Waals surface area contributed by atoms with Gasteiger partial charge in [0, 0.05) is 21.9 Å². The molecule has 184 valence electrons. The summed E-state index contributed by atoms with van der Waals surface area (Å²) in [5.74, 6) is 0. The van der Waals surface area contributed by atoms with Gasteiger partial charge in [-0.25, -0.2) is 0 Å². The third-order valence-corrected chi connectivity index (χ3v) is 7.71. The van der Waals surface area contributed by atoms with Crippen molar-refractivity contribution in [2.75, 3.05) is 0 Å². The van der Waals surface area contributed by atoms with Crippen molar-refractivity contribution in [1.29, 1.82) is 0 Å². The molecule has 0 amide bonds. The van der Waals surface area contributed by atoms with Crippen molar-refractivity contribution in [2.24, 2.45) is 0 Å². The van der Waals surface area contributed by atoms with Crippen molar-refractivity contribution >= 4 is 27.3 Å². The quantitative estimate of drug-likeness (QED) is 0.232. The van der Waals surface area contributed by atoms with Gasteiger partial charge >= 0.3 is 0 Å². The Morgan fingerprint density at radius 2 is 0.946 bits per heavy atom. The second-order valence-electron chi connectivity index (χ2n) is 12.3. The molecule has 0 fully saturated rings. The Bertz CT molecular complexity index is 1750. The SMILES string of the molecule is CC(C)(C)c1ccc(-c2c(-c3ccc(C(C)(C)C)cc3)c3cc4ccccc4n3c3ccccc23)cc1. The van der Waals surface area contributed by atoms with Gasteiger partial charge in [0.25, 0.3) is 0 Å². The maximum atomic E-state index is 2.45. The molecule has 2 heterocycles. The Balaban J connectivity index is 1.75. The minimum Gasteiger partial charge on any atom is -0.309 e. The molecule has 0 aliphatic rings. The van der Waals surface area contributed by atoms with Gasteiger partial charge in [-0.2, -0.15) is 0 Å². The summed E-state index contributed by atoms with van der Waals surface area (Å²) in [5.41, 5.74) is 11.8. The molecule has 0 atom stereocenters. The van der Waals surface area contributed by atoms with Crippen molar-refractivity contribution in [3.8, 4) is 22.3 Å². The van der Waals surface area contributed by atoms with Crippen LogP contribution in [0.2, 0.25) is 0 Å². The molecule has 1 heteroatoms. The molecular formula is C36H35N. The highest BCUT2D eigenvalue weighted by atomic mass is 14.9. The van der Waals surface area contributed by atoms with E-state index in [1.807, 2.05) is 0 Å². The number of hydrogen-bond acceptors (Lipinski definition) is 0. The monoisotopic (exact) mass is 481 g/mol. The molecule has 37 heavy (non-hydrogen) atoms. The van der Waals surface area contributed by atoms with E-state index < -0.39 is 0 Å². The molecule has 6 rings (SSSR count). The van der Waals surface area contributed by atoms with E-state index in [9.17, 15) is 0 Å². The summed E-state index contributed by atoms with van der Waals surface area (Å²) < 4.78 is 2.45. The third kappa shape index (κ3) is 3.94. The van der Waals surface area contributed by atoms with E-state index in [1.165, 1.54) is 60.7 Å². The average molecular weight is 482 g/mol. The first-order valence-electron chi connectivity index (χ1n) is 13.3. The summed E-state index contributed by atoms with van der Waals surface area (Å²) in [6.45, 7) is 13.7. The minimum atomic E-state index is 0.118. The number of hydrogen-bond donors (Lipinski definition) is 0. The van der Waals surface area contributed by atoms with Crippen LogP contribution in [0.1, 0.15) is 52.7 Å². The Morgan fingerprint density at radius 1 is 0.459 bits per heavy atom. The van der Waals surface area contributed by atoms with Gasteiger partial charge < -0.3 is 4.40 Å². The van der Waals surface area contributed by atoms with E-state index in [1.54, 1.807) is 0 Å². The molecular weight excluding hydrogens is 446 g/mol. The zero-order valence-electron chi connectivity index (χ0n) is 22.8. The zero-order chi connectivity index (χ0) is 25.9. The molecule has 0 bridgehead atoms. The molecule has 1 nitrogen and oxygen atoms in total. The lowest BCUT2D eigenvalue weighted by molar-refractivity contribution is 0.590. The smallest absolute Gasteiger partial charge is 0.0553 e. The van der Waals surface area contributed by atoms with Crippen molar-refractivity contribution in [2.45, 2.75) is 52.4 Å². The van der Waals surface area contributed by atoms with Crippen LogP contribution in [0.5, 0.6) is 0 Å². The van der Waals surface area contributed by atoms with Crippen LogP contribution in [0.15, 0.2) is 103 Å². The van der Waals surface area contributed by atoms with E-state index in [0.29, 0.717) is 0 Å². The Morgan fingerprint density at radius 3 is 1.51 bits per heavy atom. The average Bonchev–Trinajstić information content (AvgIpc) is 3.27. The summed E-state index contributed by atoms with van der Waals surface area (Å²) in [7, 11) is 0. The second-order valence-corrected chi connectivity index (χ2v) is 12.3. The Labute approximate surface area is 220 Å². The third-order valence-electron chi connectivity index (χ3n) is 7.71. The molecule has 0 spiro atoms. The number of benzene rings is 4. The molecule has 6 aromatic rings. The van der Waals surface area contributed by atoms with Crippen LogP contribution in [0.25, 0.3) is 49.6 Å².